The average Bonchev–Trinajstić information content (AvgIpc) is 3.59. The number of nitrogens with zero attached hydrogens (tertiary/aromatic N) is 3. The van der Waals surface area contributed by atoms with Crippen molar-refractivity contribution in [3.05, 3.63) is 47.3 Å². The lowest BCUT2D eigenvalue weighted by molar-refractivity contribution is -0.124. The van der Waals surface area contributed by atoms with Crippen molar-refractivity contribution in [3.8, 4) is 28.6 Å². The highest BCUT2D eigenvalue weighted by molar-refractivity contribution is 5.76. The molecule has 3 N–H and O–H groups in total. The molecule has 0 bridgehead atoms. The highest BCUT2D eigenvalue weighted by atomic mass is 16.5. The molecule has 3 aromatic rings. The third-order valence-electron chi connectivity index (χ3n) is 6.49. The second-order valence-corrected chi connectivity index (χ2v) is 8.87. The van der Waals surface area contributed by atoms with Crippen LogP contribution in [-0.2, 0) is 11.2 Å². The first kappa shape index (κ1) is 24.8. The molecule has 2 heterocycles. The van der Waals surface area contributed by atoms with E-state index in [4.69, 9.17) is 14.4 Å². The first-order chi connectivity index (χ1) is 17.0. The molecule has 186 valence electrons. The maximum absolute atomic E-state index is 11.1. The Labute approximate surface area is 204 Å². The zero-order valence-electron chi connectivity index (χ0n) is 20.2. The van der Waals surface area contributed by atoms with Crippen LogP contribution >= 0.6 is 0 Å². The van der Waals surface area contributed by atoms with Crippen molar-refractivity contribution in [3.63, 3.8) is 0 Å². The molecule has 0 radical (unpaired) electrons. The van der Waals surface area contributed by atoms with Gasteiger partial charge >= 0.3 is 0 Å². The number of benzene rings is 1. The summed E-state index contributed by atoms with van der Waals surface area (Å²) in [5.41, 5.74) is 4.76. The third-order valence-corrected chi connectivity index (χ3v) is 6.49. The zero-order chi connectivity index (χ0) is 24.8. The normalized spacial score (nSPS) is 14.7. The van der Waals surface area contributed by atoms with Gasteiger partial charge in [0.05, 0.1) is 0 Å². The van der Waals surface area contributed by atoms with Gasteiger partial charge in [0.15, 0.2) is 0 Å². The number of hydrogen-bond acceptors (Lipinski definition) is 8. The van der Waals surface area contributed by atoms with Crippen molar-refractivity contribution < 1.29 is 24.3 Å². The molecule has 2 aromatic heterocycles. The molecule has 1 saturated carbocycles. The molecule has 4 rings (SSSR count). The molecule has 35 heavy (non-hydrogen) atoms. The fraction of sp³-hybridized carbons (Fsp3) is 0.462. The second-order valence-electron chi connectivity index (χ2n) is 8.87. The van der Waals surface area contributed by atoms with E-state index in [-0.39, 0.29) is 13.2 Å². The Morgan fingerprint density at radius 1 is 1.29 bits per heavy atom. The summed E-state index contributed by atoms with van der Waals surface area (Å²) in [7, 11) is 0. The maximum Gasteiger partial charge on any atom is 0.258 e. The van der Waals surface area contributed by atoms with Crippen LogP contribution in [0.25, 0.3) is 22.8 Å². The zero-order valence-corrected chi connectivity index (χ0v) is 20.2. The first-order valence-corrected chi connectivity index (χ1v) is 12.1. The largest absolute Gasteiger partial charge is 0.491 e. The van der Waals surface area contributed by atoms with Crippen LogP contribution in [0, 0.1) is 6.92 Å². The van der Waals surface area contributed by atoms with Gasteiger partial charge in [-0.25, -0.2) is 0 Å². The molecule has 1 aliphatic carbocycles. The number of amides is 1. The standard InChI is InChI=1S/C26H32N4O5/c1-3-20-16(2)21(8-9-23(20)34-15-19(32)13-28-24(33)14-31)25-29-26(35-30-25)18-10-11-27-22(12-18)17-6-4-5-7-17/h8-12,17,19,31-32H,3-7,13-15H2,1-2H3,(H,28,33). The Morgan fingerprint density at radius 3 is 2.83 bits per heavy atom. The topological polar surface area (TPSA) is 131 Å². The summed E-state index contributed by atoms with van der Waals surface area (Å²) in [5.74, 6) is 1.58. The molecule has 1 unspecified atom stereocenters. The summed E-state index contributed by atoms with van der Waals surface area (Å²) in [4.78, 5) is 20.4. The highest BCUT2D eigenvalue weighted by Crippen LogP contribution is 2.35. The van der Waals surface area contributed by atoms with E-state index >= 15 is 0 Å². The van der Waals surface area contributed by atoms with Crippen molar-refractivity contribution in [2.24, 2.45) is 0 Å². The predicted molar refractivity (Wildman–Crippen MR) is 130 cm³/mol. The molecular weight excluding hydrogens is 448 g/mol. The van der Waals surface area contributed by atoms with Gasteiger partial charge < -0.3 is 24.8 Å². The molecule has 1 atom stereocenters. The number of aliphatic hydroxyl groups is 2. The van der Waals surface area contributed by atoms with E-state index in [1.165, 1.54) is 25.7 Å². The number of hydrogen-bond donors (Lipinski definition) is 3. The number of nitrogens with one attached hydrogen (secondary N) is 1. The van der Waals surface area contributed by atoms with Crippen molar-refractivity contribution in [1.29, 1.82) is 0 Å². The third kappa shape index (κ3) is 5.86. The van der Waals surface area contributed by atoms with Crippen LogP contribution in [0.2, 0.25) is 0 Å². The minimum Gasteiger partial charge on any atom is -0.491 e. The Morgan fingerprint density at radius 2 is 2.09 bits per heavy atom. The highest BCUT2D eigenvalue weighted by Gasteiger charge is 2.21. The molecule has 0 saturated heterocycles. The predicted octanol–water partition coefficient (Wildman–Crippen LogP) is 3.18. The summed E-state index contributed by atoms with van der Waals surface area (Å²) >= 11 is 0. The summed E-state index contributed by atoms with van der Waals surface area (Å²) in [6.07, 6.45) is 6.47. The Hall–Kier alpha value is -3.30. The smallest absolute Gasteiger partial charge is 0.258 e. The van der Waals surface area contributed by atoms with E-state index in [0.717, 1.165) is 27.9 Å². The number of ether oxygens (including phenoxy) is 1. The number of carbonyl (C=O) groups is 1. The number of carbonyl (C=O) groups excluding carboxylic acids is 1. The fourth-order valence-electron chi connectivity index (χ4n) is 4.56. The second kappa shape index (κ2) is 11.4. The van der Waals surface area contributed by atoms with Gasteiger partial charge in [-0.15, -0.1) is 0 Å². The van der Waals surface area contributed by atoms with Crippen molar-refractivity contribution in [2.75, 3.05) is 19.8 Å². The van der Waals surface area contributed by atoms with E-state index in [0.29, 0.717) is 29.8 Å². The van der Waals surface area contributed by atoms with E-state index in [1.807, 2.05) is 38.2 Å². The van der Waals surface area contributed by atoms with Crippen LogP contribution in [0.3, 0.4) is 0 Å². The molecule has 9 nitrogen and oxygen atoms in total. The van der Waals surface area contributed by atoms with Crippen LogP contribution in [0.4, 0.5) is 0 Å². The fourth-order valence-corrected chi connectivity index (χ4v) is 4.56. The lowest BCUT2D eigenvalue weighted by atomic mass is 9.99. The lowest BCUT2D eigenvalue weighted by Crippen LogP contribution is -2.36. The quantitative estimate of drug-likeness (QED) is 0.403. The molecule has 0 aliphatic heterocycles. The van der Waals surface area contributed by atoms with Crippen LogP contribution in [0.5, 0.6) is 5.75 Å². The summed E-state index contributed by atoms with van der Waals surface area (Å²) in [6, 6.07) is 7.67. The lowest BCUT2D eigenvalue weighted by Gasteiger charge is -2.17. The average molecular weight is 481 g/mol. The van der Waals surface area contributed by atoms with Gasteiger partial charge in [0.2, 0.25) is 11.7 Å². The monoisotopic (exact) mass is 480 g/mol. The maximum atomic E-state index is 11.1. The molecule has 1 amide bonds. The molecule has 0 spiro atoms. The van der Waals surface area contributed by atoms with Gasteiger partial charge in [0, 0.05) is 35.5 Å². The Bertz CT molecular complexity index is 1160. The Balaban J connectivity index is 1.49. The summed E-state index contributed by atoms with van der Waals surface area (Å²) < 4.78 is 11.4. The summed E-state index contributed by atoms with van der Waals surface area (Å²) in [5, 5.41) is 25.5. The van der Waals surface area contributed by atoms with Crippen LogP contribution in [-0.4, -0.2) is 57.1 Å². The molecular formula is C26H32N4O5. The van der Waals surface area contributed by atoms with E-state index in [1.54, 1.807) is 0 Å². The van der Waals surface area contributed by atoms with E-state index in [9.17, 15) is 9.90 Å². The number of aliphatic hydroxyl groups excluding tert-OH is 2. The van der Waals surface area contributed by atoms with Crippen LogP contribution in [0.15, 0.2) is 35.0 Å². The van der Waals surface area contributed by atoms with Gasteiger partial charge in [-0.2, -0.15) is 4.98 Å². The van der Waals surface area contributed by atoms with Crippen LogP contribution in [0.1, 0.15) is 55.3 Å². The summed E-state index contributed by atoms with van der Waals surface area (Å²) in [6.45, 7) is 3.41. The van der Waals surface area contributed by atoms with Crippen LogP contribution < -0.4 is 10.1 Å². The van der Waals surface area contributed by atoms with Gasteiger partial charge in [-0.05, 0) is 61.6 Å². The SMILES string of the molecule is CCc1c(OCC(O)CNC(=O)CO)ccc(-c2noc(-c3ccnc(C4CCCC4)c3)n2)c1C. The van der Waals surface area contributed by atoms with Gasteiger partial charge in [-0.1, -0.05) is 24.9 Å². The van der Waals surface area contributed by atoms with Crippen molar-refractivity contribution in [1.82, 2.24) is 20.4 Å². The first-order valence-electron chi connectivity index (χ1n) is 12.1. The van der Waals surface area contributed by atoms with E-state index in [2.05, 4.69) is 26.5 Å². The number of pyridine rings is 1. The number of aromatic nitrogens is 3. The van der Waals surface area contributed by atoms with Crippen molar-refractivity contribution in [2.45, 2.75) is 58.0 Å². The molecule has 1 aliphatic rings. The van der Waals surface area contributed by atoms with Gasteiger partial charge in [0.1, 0.15) is 25.1 Å². The molecule has 1 fully saturated rings. The van der Waals surface area contributed by atoms with E-state index < -0.39 is 18.6 Å². The minimum absolute atomic E-state index is 0.00101. The molecule has 1 aromatic carbocycles. The van der Waals surface area contributed by atoms with Gasteiger partial charge in [0.25, 0.3) is 5.89 Å². The number of rotatable bonds is 10. The van der Waals surface area contributed by atoms with Gasteiger partial charge in [-0.3, -0.25) is 9.78 Å². The Kier molecular flexibility index (Phi) is 8.09. The molecule has 9 heteroatoms. The minimum atomic E-state index is -0.899. The van der Waals surface area contributed by atoms with Crippen molar-refractivity contribution >= 4 is 5.91 Å².